The molecule has 69 heavy (non-hydrogen) atoms. The number of carbonyl (C=O) groups is 1. The Morgan fingerprint density at radius 3 is 1.46 bits per heavy atom. The maximum atomic E-state index is 12.9. The van der Waals surface area contributed by atoms with Crippen molar-refractivity contribution in [3.8, 4) is 0 Å². The van der Waals surface area contributed by atoms with Gasteiger partial charge in [0.1, 0.15) is 30.5 Å². The summed E-state index contributed by atoms with van der Waals surface area (Å²) in [4.78, 5) is 12.9. The van der Waals surface area contributed by atoms with E-state index in [-0.39, 0.29) is 19.6 Å². The first-order chi connectivity index (χ1) is 33.6. The second-order valence-corrected chi connectivity index (χ2v) is 20.6. The normalized spacial score (nSPS) is 19.4. The van der Waals surface area contributed by atoms with Gasteiger partial charge in [-0.1, -0.05) is 237 Å². The highest BCUT2D eigenvalue weighted by Crippen LogP contribution is 2.26. The summed E-state index contributed by atoms with van der Waals surface area (Å²) in [6, 6.07) is 0. The van der Waals surface area contributed by atoms with E-state index in [0.717, 1.165) is 70.6 Å². The van der Waals surface area contributed by atoms with Crippen LogP contribution in [0.2, 0.25) is 0 Å². The zero-order chi connectivity index (χ0) is 50.3. The van der Waals surface area contributed by atoms with E-state index in [1.807, 2.05) is 0 Å². The third-order valence-electron chi connectivity index (χ3n) is 13.0. The second-order valence-electron chi connectivity index (χ2n) is 19.5. The summed E-state index contributed by atoms with van der Waals surface area (Å²) < 4.78 is 59.4. The van der Waals surface area contributed by atoms with Crippen LogP contribution >= 0.6 is 0 Å². The summed E-state index contributed by atoms with van der Waals surface area (Å²) in [6.45, 7) is 3.92. The fourth-order valence-corrected chi connectivity index (χ4v) is 9.32. The number of aliphatic hydroxyl groups is 3. The first kappa shape index (κ1) is 65.3. The van der Waals surface area contributed by atoms with Gasteiger partial charge in [0, 0.05) is 13.0 Å². The molecule has 0 aromatic heterocycles. The molecule has 406 valence electrons. The molecule has 1 rings (SSSR count). The zero-order valence-corrected chi connectivity index (χ0v) is 44.7. The lowest BCUT2D eigenvalue weighted by Gasteiger charge is -2.41. The lowest BCUT2D eigenvalue weighted by Crippen LogP contribution is -2.60. The Balaban J connectivity index is 2.28. The molecule has 6 unspecified atom stereocenters. The van der Waals surface area contributed by atoms with E-state index in [2.05, 4.69) is 54.5 Å². The molecule has 0 amide bonds. The molecule has 1 heterocycles. The Hall–Kier alpha value is -1.68. The monoisotopic (exact) mass is 1000 g/mol. The third kappa shape index (κ3) is 40.5. The van der Waals surface area contributed by atoms with Crippen molar-refractivity contribution >= 4 is 16.4 Å². The molecule has 13 heteroatoms. The van der Waals surface area contributed by atoms with Crippen molar-refractivity contribution < 1.29 is 56.2 Å². The SMILES string of the molecule is CC/C=C\C/C=C\C/C=C\CCCCCCCCCC(=O)OC(COCCCCCCCCCCCCCCCCCCCCCCCCCCC)COC1OC(CO)C(O)C(OS(=O)(=O)O)C1O. The van der Waals surface area contributed by atoms with Crippen LogP contribution in [-0.2, 0) is 38.3 Å². The minimum absolute atomic E-state index is 0.0352. The molecule has 0 bridgehead atoms. The van der Waals surface area contributed by atoms with Gasteiger partial charge in [-0.15, -0.1) is 0 Å². The second kappa shape index (κ2) is 47.3. The van der Waals surface area contributed by atoms with Crippen LogP contribution < -0.4 is 0 Å². The summed E-state index contributed by atoms with van der Waals surface area (Å²) in [6.07, 6.45) is 49.0. The van der Waals surface area contributed by atoms with Crippen LogP contribution in [-0.4, -0.2) is 97.5 Å². The minimum Gasteiger partial charge on any atom is -0.457 e. The predicted molar refractivity (Wildman–Crippen MR) is 280 cm³/mol. The summed E-state index contributed by atoms with van der Waals surface area (Å²) >= 11 is 0. The lowest BCUT2D eigenvalue weighted by atomic mass is 9.99. The van der Waals surface area contributed by atoms with Gasteiger partial charge in [0.15, 0.2) is 6.29 Å². The van der Waals surface area contributed by atoms with Crippen LogP contribution in [0.3, 0.4) is 0 Å². The van der Waals surface area contributed by atoms with Crippen LogP contribution in [0, 0.1) is 0 Å². The van der Waals surface area contributed by atoms with Gasteiger partial charge in [0.25, 0.3) is 0 Å². The number of rotatable bonds is 50. The molecule has 6 atom stereocenters. The zero-order valence-electron chi connectivity index (χ0n) is 43.9. The number of allylic oxidation sites excluding steroid dienone is 6. The van der Waals surface area contributed by atoms with Crippen LogP contribution in [0.15, 0.2) is 36.5 Å². The molecule has 0 spiro atoms. The van der Waals surface area contributed by atoms with Gasteiger partial charge in [0.2, 0.25) is 0 Å². The molecule has 4 N–H and O–H groups in total. The summed E-state index contributed by atoms with van der Waals surface area (Å²) in [5.41, 5.74) is 0. The van der Waals surface area contributed by atoms with E-state index in [4.69, 9.17) is 18.9 Å². The van der Waals surface area contributed by atoms with Crippen LogP contribution in [0.25, 0.3) is 0 Å². The quantitative estimate of drug-likeness (QED) is 0.0196. The Bertz CT molecular complexity index is 1340. The van der Waals surface area contributed by atoms with Gasteiger partial charge in [-0.2, -0.15) is 8.42 Å². The molecule has 1 saturated heterocycles. The van der Waals surface area contributed by atoms with E-state index in [1.54, 1.807) is 0 Å². The summed E-state index contributed by atoms with van der Waals surface area (Å²) in [5.74, 6) is -0.405. The van der Waals surface area contributed by atoms with E-state index in [0.29, 0.717) is 13.0 Å². The number of hydrogen-bond donors (Lipinski definition) is 4. The topological polar surface area (TPSA) is 178 Å². The first-order valence-electron chi connectivity index (χ1n) is 28.2. The summed E-state index contributed by atoms with van der Waals surface area (Å²) in [7, 11) is -5.07. The molecule has 0 radical (unpaired) electrons. The van der Waals surface area contributed by atoms with E-state index in [1.165, 1.54) is 154 Å². The molecule has 0 aromatic carbocycles. The average molecular weight is 1000 g/mol. The number of aliphatic hydroxyl groups excluding tert-OH is 3. The standard InChI is InChI=1S/C56H104O12S/c1-3-5-7-9-11-13-15-17-19-21-22-23-24-25-26-27-28-30-32-34-36-38-40-42-44-46-64-48-50(49-65-56-54(60)55(68-69(61,62)63)53(59)51(47-57)67-56)66-52(58)45-43-41-39-37-35-33-31-29-20-18-16-14-12-10-8-6-4-2/h6,8,12,14,18,20,50-51,53-57,59-60H,3-5,7,9-11,13,15-17,19,21-49H2,1-2H3,(H,61,62,63)/b8-6-,14-12-,20-18-. The molecule has 0 saturated carbocycles. The Kier molecular flexibility index (Phi) is 44.8. The fraction of sp³-hybridized carbons (Fsp3) is 0.875. The predicted octanol–water partition coefficient (Wildman–Crippen LogP) is 13.7. The molecule has 1 aliphatic rings. The van der Waals surface area contributed by atoms with Crippen LogP contribution in [0.5, 0.6) is 0 Å². The van der Waals surface area contributed by atoms with Crippen LogP contribution in [0.4, 0.5) is 0 Å². The highest BCUT2D eigenvalue weighted by molar-refractivity contribution is 7.80. The number of hydrogen-bond acceptors (Lipinski definition) is 11. The molecular formula is C56H104O12S. The van der Waals surface area contributed by atoms with E-state index < -0.39 is 59.8 Å². The molecule has 12 nitrogen and oxygen atoms in total. The minimum atomic E-state index is -5.07. The molecular weight excluding hydrogens is 897 g/mol. The lowest BCUT2D eigenvalue weighted by molar-refractivity contribution is -0.301. The molecule has 0 aromatic rings. The average Bonchev–Trinajstić information content (AvgIpc) is 3.32. The smallest absolute Gasteiger partial charge is 0.397 e. The van der Waals surface area contributed by atoms with Crippen molar-refractivity contribution in [2.45, 2.75) is 288 Å². The molecule has 0 aliphatic carbocycles. The maximum absolute atomic E-state index is 12.9. The van der Waals surface area contributed by atoms with Gasteiger partial charge < -0.3 is 34.3 Å². The van der Waals surface area contributed by atoms with Crippen molar-refractivity contribution in [3.63, 3.8) is 0 Å². The molecule has 1 fully saturated rings. The summed E-state index contributed by atoms with van der Waals surface area (Å²) in [5, 5.41) is 30.8. The fourth-order valence-electron chi connectivity index (χ4n) is 8.81. The van der Waals surface area contributed by atoms with Gasteiger partial charge in [-0.05, 0) is 44.9 Å². The van der Waals surface area contributed by atoms with E-state index in [9.17, 15) is 33.1 Å². The number of unbranched alkanes of at least 4 members (excludes halogenated alkanes) is 31. The van der Waals surface area contributed by atoms with Gasteiger partial charge >= 0.3 is 16.4 Å². The highest BCUT2D eigenvalue weighted by Gasteiger charge is 2.48. The van der Waals surface area contributed by atoms with Crippen molar-refractivity contribution in [2.75, 3.05) is 26.4 Å². The van der Waals surface area contributed by atoms with Gasteiger partial charge in [0.05, 0.1) is 19.8 Å². The largest absolute Gasteiger partial charge is 0.457 e. The van der Waals surface area contributed by atoms with Crippen molar-refractivity contribution in [3.05, 3.63) is 36.5 Å². The van der Waals surface area contributed by atoms with Crippen LogP contribution in [0.1, 0.15) is 251 Å². The Morgan fingerprint density at radius 1 is 0.565 bits per heavy atom. The van der Waals surface area contributed by atoms with Gasteiger partial charge in [-0.3, -0.25) is 9.35 Å². The molecule has 1 aliphatic heterocycles. The first-order valence-corrected chi connectivity index (χ1v) is 29.6. The number of esters is 1. The number of ether oxygens (including phenoxy) is 4. The number of carbonyl (C=O) groups excluding carboxylic acids is 1. The maximum Gasteiger partial charge on any atom is 0.397 e. The van der Waals surface area contributed by atoms with Crippen molar-refractivity contribution in [2.24, 2.45) is 0 Å². The van der Waals surface area contributed by atoms with Crippen molar-refractivity contribution in [1.29, 1.82) is 0 Å². The Labute approximate surface area is 422 Å². The van der Waals surface area contributed by atoms with E-state index >= 15 is 0 Å². The third-order valence-corrected chi connectivity index (χ3v) is 13.5. The van der Waals surface area contributed by atoms with Crippen molar-refractivity contribution in [1.82, 2.24) is 0 Å². The highest BCUT2D eigenvalue weighted by atomic mass is 32.3. The Morgan fingerprint density at radius 2 is 1.00 bits per heavy atom. The van der Waals surface area contributed by atoms with Gasteiger partial charge in [-0.25, -0.2) is 4.18 Å².